The highest BCUT2D eigenvalue weighted by Gasteiger charge is 2.12. The zero-order valence-corrected chi connectivity index (χ0v) is 29.6. The van der Waals surface area contributed by atoms with Crippen LogP contribution in [0.4, 0.5) is 0 Å². The molecule has 0 saturated carbocycles. The van der Waals surface area contributed by atoms with Crippen molar-refractivity contribution in [2.24, 2.45) is 0 Å². The molecule has 3 aromatic carbocycles. The van der Waals surface area contributed by atoms with Crippen molar-refractivity contribution in [3.63, 3.8) is 0 Å². The van der Waals surface area contributed by atoms with Crippen molar-refractivity contribution in [3.05, 3.63) is 143 Å². The van der Waals surface area contributed by atoms with Gasteiger partial charge in [-0.25, -0.2) is 4.98 Å². The summed E-state index contributed by atoms with van der Waals surface area (Å²) in [4.78, 5) is 8.51. The van der Waals surface area contributed by atoms with Gasteiger partial charge in [-0.1, -0.05) is 90.0 Å². The third kappa shape index (κ3) is 13.2. The van der Waals surface area contributed by atoms with Crippen LogP contribution >= 0.6 is 11.6 Å². The number of likely N-dealkylation sites (N-methyl/N-ethyl adjacent to an activating group) is 1. The van der Waals surface area contributed by atoms with Gasteiger partial charge in [-0.3, -0.25) is 14.1 Å². The molecule has 3 N–H and O–H groups in total. The van der Waals surface area contributed by atoms with E-state index in [9.17, 15) is 16.8 Å². The van der Waals surface area contributed by atoms with Crippen LogP contribution < -0.4 is 10.1 Å². The molecular weight excluding hydrogens is 686 g/mol. The molecule has 10 nitrogen and oxygen atoms in total. The maximum absolute atomic E-state index is 10.5. The summed E-state index contributed by atoms with van der Waals surface area (Å²) in [5, 5.41) is 3.69. The van der Waals surface area contributed by atoms with Crippen LogP contribution in [-0.2, 0) is 26.7 Å². The number of pyridine rings is 2. The second-order valence-electron chi connectivity index (χ2n) is 10.8. The van der Waals surface area contributed by atoms with Gasteiger partial charge in [0.05, 0.1) is 21.7 Å². The van der Waals surface area contributed by atoms with Crippen LogP contribution in [-0.4, -0.2) is 55.6 Å². The molecule has 49 heavy (non-hydrogen) atoms. The maximum atomic E-state index is 10.5. The van der Waals surface area contributed by atoms with Gasteiger partial charge in [0.25, 0.3) is 20.2 Å². The van der Waals surface area contributed by atoms with Crippen molar-refractivity contribution in [1.82, 2.24) is 15.3 Å². The van der Waals surface area contributed by atoms with E-state index in [1.165, 1.54) is 29.8 Å². The zero-order valence-electron chi connectivity index (χ0n) is 27.2. The molecule has 0 aliphatic heterocycles. The lowest BCUT2D eigenvalue weighted by atomic mass is 10.1. The highest BCUT2D eigenvalue weighted by atomic mass is 35.5. The van der Waals surface area contributed by atoms with Crippen LogP contribution in [0.15, 0.2) is 126 Å². The van der Waals surface area contributed by atoms with E-state index in [0.717, 1.165) is 34.4 Å². The van der Waals surface area contributed by atoms with Gasteiger partial charge < -0.3 is 10.1 Å². The third-order valence-electron chi connectivity index (χ3n) is 6.93. The summed E-state index contributed by atoms with van der Waals surface area (Å²) in [6.45, 7) is 7.99. The van der Waals surface area contributed by atoms with Gasteiger partial charge in [-0.05, 0) is 80.9 Å². The van der Waals surface area contributed by atoms with Crippen LogP contribution in [0.5, 0.6) is 5.75 Å². The minimum absolute atomic E-state index is 0.0666. The molecule has 13 heteroatoms. The first-order valence-corrected chi connectivity index (χ1v) is 18.1. The van der Waals surface area contributed by atoms with E-state index in [1.54, 1.807) is 42.7 Å². The molecule has 0 radical (unpaired) electrons. The molecule has 0 aliphatic rings. The van der Waals surface area contributed by atoms with Crippen molar-refractivity contribution in [1.29, 1.82) is 0 Å². The quantitative estimate of drug-likeness (QED) is 0.100. The molecule has 0 bridgehead atoms. The summed E-state index contributed by atoms with van der Waals surface area (Å²) in [6, 6.07) is 28.2. The fraction of sp³-hybridized carbons (Fsp3) is 0.167. The summed E-state index contributed by atoms with van der Waals surface area (Å²) in [6.07, 6.45) is 6.02. The van der Waals surface area contributed by atoms with E-state index in [0.29, 0.717) is 17.5 Å². The Morgan fingerprint density at radius 1 is 0.837 bits per heavy atom. The second-order valence-corrected chi connectivity index (χ2v) is 14.0. The monoisotopic (exact) mass is 723 g/mol. The van der Waals surface area contributed by atoms with Gasteiger partial charge in [0.2, 0.25) is 0 Å². The molecule has 258 valence electrons. The first-order chi connectivity index (χ1) is 23.2. The van der Waals surface area contributed by atoms with Crippen LogP contribution in [0.2, 0.25) is 5.15 Å². The van der Waals surface area contributed by atoms with E-state index in [2.05, 4.69) is 34.0 Å². The largest absolute Gasteiger partial charge is 0.490 e. The number of hydrogen-bond donors (Lipinski definition) is 3. The lowest BCUT2D eigenvalue weighted by Gasteiger charge is -2.17. The van der Waals surface area contributed by atoms with Crippen molar-refractivity contribution >= 4 is 37.9 Å². The number of benzene rings is 3. The minimum Gasteiger partial charge on any atom is -0.490 e. The Labute approximate surface area is 293 Å². The van der Waals surface area contributed by atoms with Crippen molar-refractivity contribution in [2.75, 3.05) is 13.7 Å². The Kier molecular flexibility index (Phi) is 14.6. The Morgan fingerprint density at radius 2 is 1.39 bits per heavy atom. The van der Waals surface area contributed by atoms with Crippen LogP contribution in [0.1, 0.15) is 22.3 Å². The number of ether oxygens (including phenoxy) is 1. The molecule has 0 spiro atoms. The van der Waals surface area contributed by atoms with E-state index < -0.39 is 20.2 Å². The van der Waals surface area contributed by atoms with Gasteiger partial charge in [-0.2, -0.15) is 16.8 Å². The smallest absolute Gasteiger partial charge is 0.294 e. The van der Waals surface area contributed by atoms with E-state index in [4.69, 9.17) is 25.4 Å². The van der Waals surface area contributed by atoms with Crippen molar-refractivity contribution < 1.29 is 30.7 Å². The summed E-state index contributed by atoms with van der Waals surface area (Å²) in [5.41, 5.74) is 5.63. The standard InChI is InChI=1S/C22H22ClN3O.2C7H8O3S/c1-3-16-9-10-25-21(12-16)20-13-19(14-26-22(20)23)27-15-18(24-2)11-17-7-5-4-6-8-17;2*1-6-2-4-7(5-3-6)11(8,9)10/h3-10,12-14,18,24H,1,11,15H2,2H3;2*2-5H,1H3,(H,8,9,10)/t18-;;/m0../s1. The van der Waals surface area contributed by atoms with E-state index >= 15 is 0 Å². The highest BCUT2D eigenvalue weighted by Crippen LogP contribution is 2.29. The number of aromatic nitrogens is 2. The fourth-order valence-electron chi connectivity index (χ4n) is 4.17. The fourth-order valence-corrected chi connectivity index (χ4v) is 5.33. The van der Waals surface area contributed by atoms with Crippen LogP contribution in [0, 0.1) is 13.8 Å². The SMILES string of the molecule is C=Cc1ccnc(-c2cc(OC[C@H](Cc3ccccc3)NC)cnc2Cl)c1.Cc1ccc(S(=O)(=O)O)cc1.Cc1ccc(S(=O)(=O)O)cc1. The lowest BCUT2D eigenvalue weighted by molar-refractivity contribution is 0.269. The minimum atomic E-state index is -4.02. The number of rotatable bonds is 10. The predicted molar refractivity (Wildman–Crippen MR) is 193 cm³/mol. The van der Waals surface area contributed by atoms with Crippen LogP contribution in [0.25, 0.3) is 17.3 Å². The van der Waals surface area contributed by atoms with Crippen molar-refractivity contribution in [2.45, 2.75) is 36.1 Å². The average Bonchev–Trinajstić information content (AvgIpc) is 3.08. The number of hydrogen-bond acceptors (Lipinski definition) is 8. The van der Waals surface area contributed by atoms with Gasteiger partial charge in [0, 0.05) is 17.8 Å². The van der Waals surface area contributed by atoms with Gasteiger partial charge in [0.1, 0.15) is 17.5 Å². The molecule has 0 saturated heterocycles. The van der Waals surface area contributed by atoms with E-state index in [1.807, 2.05) is 57.3 Å². The number of nitrogens with zero attached hydrogens (tertiary/aromatic N) is 2. The number of nitrogens with one attached hydrogen (secondary N) is 1. The molecular formula is C36H38ClN3O7S2. The molecule has 0 fully saturated rings. The zero-order chi connectivity index (χ0) is 36.0. The molecule has 5 rings (SSSR count). The number of halogens is 1. The number of aryl methyl sites for hydroxylation is 2. The Balaban J connectivity index is 0.000000242. The molecule has 1 atom stereocenters. The third-order valence-corrected chi connectivity index (χ3v) is 8.97. The highest BCUT2D eigenvalue weighted by molar-refractivity contribution is 7.86. The lowest BCUT2D eigenvalue weighted by Crippen LogP contribution is -2.33. The maximum Gasteiger partial charge on any atom is 0.294 e. The Bertz CT molecular complexity index is 1950. The normalized spacial score (nSPS) is 11.6. The van der Waals surface area contributed by atoms with Gasteiger partial charge >= 0.3 is 0 Å². The Hall–Kier alpha value is -4.43. The van der Waals surface area contributed by atoms with Gasteiger partial charge in [-0.15, -0.1) is 0 Å². The molecule has 5 aromatic rings. The Morgan fingerprint density at radius 3 is 1.88 bits per heavy atom. The molecule has 0 aliphatic carbocycles. The predicted octanol–water partition coefficient (Wildman–Crippen LogP) is 7.13. The first-order valence-electron chi connectivity index (χ1n) is 14.9. The van der Waals surface area contributed by atoms with Crippen LogP contribution in [0.3, 0.4) is 0 Å². The first kappa shape index (κ1) is 39.0. The summed E-state index contributed by atoms with van der Waals surface area (Å²) in [7, 11) is -6.10. The molecule has 2 aromatic heterocycles. The second kappa shape index (κ2) is 18.4. The molecule has 0 unspecified atom stereocenters. The summed E-state index contributed by atoms with van der Waals surface area (Å²) >= 11 is 6.28. The van der Waals surface area contributed by atoms with Crippen molar-refractivity contribution in [3.8, 4) is 17.0 Å². The van der Waals surface area contributed by atoms with Gasteiger partial charge in [0.15, 0.2) is 0 Å². The van der Waals surface area contributed by atoms with E-state index in [-0.39, 0.29) is 15.8 Å². The molecule has 2 heterocycles. The average molecular weight is 724 g/mol. The summed E-state index contributed by atoms with van der Waals surface area (Å²) in [5.74, 6) is 0.661. The molecule has 0 amide bonds. The summed E-state index contributed by atoms with van der Waals surface area (Å²) < 4.78 is 65.1. The topological polar surface area (TPSA) is 156 Å².